The molecule has 0 radical (unpaired) electrons. The van der Waals surface area contributed by atoms with Crippen LogP contribution in [0.25, 0.3) is 0 Å². The van der Waals surface area contributed by atoms with Gasteiger partial charge in [-0.2, -0.15) is 0 Å². The molecule has 0 aliphatic rings. The molecule has 4 nitrogen and oxygen atoms in total. The van der Waals surface area contributed by atoms with E-state index in [4.69, 9.17) is 5.73 Å². The van der Waals surface area contributed by atoms with Gasteiger partial charge in [0.25, 0.3) is 0 Å². The molecule has 1 aromatic rings. The van der Waals surface area contributed by atoms with Crippen molar-refractivity contribution in [1.29, 1.82) is 0 Å². The largest absolute Gasteiger partial charge is 0.321 e. The smallest absolute Gasteiger partial charge is 0.179 e. The zero-order chi connectivity index (χ0) is 14.8. The first-order chi connectivity index (χ1) is 8.61. The molecule has 0 bridgehead atoms. The van der Waals surface area contributed by atoms with E-state index in [-0.39, 0.29) is 18.0 Å². The molecule has 1 atom stereocenters. The molecule has 1 rings (SSSR count). The maximum Gasteiger partial charge on any atom is 0.179 e. The molecule has 19 heavy (non-hydrogen) atoms. The Balaban J connectivity index is 2.91. The second-order valence-corrected chi connectivity index (χ2v) is 7.40. The van der Waals surface area contributed by atoms with Crippen molar-refractivity contribution < 1.29 is 13.2 Å². The summed E-state index contributed by atoms with van der Waals surface area (Å²) in [6, 6.07) is 3.01. The van der Waals surface area contributed by atoms with Gasteiger partial charge in [-0.25, -0.2) is 8.42 Å². The monoisotopic (exact) mass is 283 g/mol. The fourth-order valence-corrected chi connectivity index (χ4v) is 2.58. The highest BCUT2D eigenvalue weighted by atomic mass is 32.2. The number of hydrogen-bond acceptors (Lipinski definition) is 4. The van der Waals surface area contributed by atoms with Crippen LogP contribution in [0.4, 0.5) is 0 Å². The summed E-state index contributed by atoms with van der Waals surface area (Å²) < 4.78 is 22.2. The molecule has 5 heteroatoms. The van der Waals surface area contributed by atoms with Gasteiger partial charge in [0.15, 0.2) is 5.78 Å². The van der Waals surface area contributed by atoms with Crippen molar-refractivity contribution in [3.8, 4) is 0 Å². The third-order valence-electron chi connectivity index (χ3n) is 3.24. The van der Waals surface area contributed by atoms with Crippen LogP contribution in [0, 0.1) is 20.8 Å². The van der Waals surface area contributed by atoms with Gasteiger partial charge < -0.3 is 5.73 Å². The zero-order valence-electron chi connectivity index (χ0n) is 11.9. The molecule has 0 fully saturated rings. The molecule has 1 unspecified atom stereocenters. The minimum absolute atomic E-state index is 0.0657. The molecular formula is C14H21NO3S. The van der Waals surface area contributed by atoms with Crippen molar-refractivity contribution in [2.45, 2.75) is 33.2 Å². The van der Waals surface area contributed by atoms with Gasteiger partial charge in [0.05, 0.1) is 11.8 Å². The van der Waals surface area contributed by atoms with E-state index in [0.29, 0.717) is 5.56 Å². The number of sulfone groups is 1. The Bertz CT molecular complexity index is 591. The number of rotatable bonds is 5. The summed E-state index contributed by atoms with van der Waals surface area (Å²) in [5.41, 5.74) is 9.42. The van der Waals surface area contributed by atoms with Crippen LogP contribution < -0.4 is 5.73 Å². The van der Waals surface area contributed by atoms with Gasteiger partial charge in [-0.3, -0.25) is 4.79 Å². The summed E-state index contributed by atoms with van der Waals surface area (Å²) in [6.45, 7) is 5.79. The zero-order valence-corrected chi connectivity index (χ0v) is 12.7. The predicted octanol–water partition coefficient (Wildman–Crippen LogP) is 1.56. The van der Waals surface area contributed by atoms with E-state index in [9.17, 15) is 13.2 Å². The lowest BCUT2D eigenvalue weighted by atomic mass is 9.94. The second kappa shape index (κ2) is 5.84. The Kier molecular flexibility index (Phi) is 4.87. The van der Waals surface area contributed by atoms with E-state index in [2.05, 4.69) is 0 Å². The van der Waals surface area contributed by atoms with Gasteiger partial charge in [-0.1, -0.05) is 6.07 Å². The number of ketones is 1. The van der Waals surface area contributed by atoms with Crippen molar-refractivity contribution in [1.82, 2.24) is 0 Å². The van der Waals surface area contributed by atoms with E-state index in [1.165, 1.54) is 0 Å². The Morgan fingerprint density at radius 3 is 2.21 bits per heavy atom. The van der Waals surface area contributed by atoms with Gasteiger partial charge in [0.2, 0.25) is 0 Å². The van der Waals surface area contributed by atoms with Crippen molar-refractivity contribution in [3.63, 3.8) is 0 Å². The predicted molar refractivity (Wildman–Crippen MR) is 77.3 cm³/mol. The lowest BCUT2D eigenvalue weighted by Gasteiger charge is -2.13. The molecule has 0 amide bonds. The minimum Gasteiger partial charge on any atom is -0.321 e. The number of benzene rings is 1. The summed E-state index contributed by atoms with van der Waals surface area (Å²) >= 11 is 0. The first kappa shape index (κ1) is 15.9. The number of nitrogens with two attached hydrogens (primary N) is 1. The molecule has 0 aromatic heterocycles. The lowest BCUT2D eigenvalue weighted by Crippen LogP contribution is -2.33. The fourth-order valence-electron chi connectivity index (χ4n) is 1.90. The van der Waals surface area contributed by atoms with E-state index in [1.807, 2.05) is 32.9 Å². The quantitative estimate of drug-likeness (QED) is 0.832. The van der Waals surface area contributed by atoms with E-state index in [1.54, 1.807) is 0 Å². The molecule has 0 saturated carbocycles. The van der Waals surface area contributed by atoms with Crippen LogP contribution in [-0.4, -0.2) is 32.3 Å². The Hall–Kier alpha value is -1.20. The maximum atomic E-state index is 12.2. The van der Waals surface area contributed by atoms with Gasteiger partial charge in [0.1, 0.15) is 9.84 Å². The maximum absolute atomic E-state index is 12.2. The second-order valence-electron chi connectivity index (χ2n) is 5.14. The topological polar surface area (TPSA) is 77.2 Å². The van der Waals surface area contributed by atoms with Crippen LogP contribution >= 0.6 is 0 Å². The third kappa shape index (κ3) is 4.44. The fraction of sp³-hybridized carbons (Fsp3) is 0.500. The van der Waals surface area contributed by atoms with Gasteiger partial charge in [-0.15, -0.1) is 0 Å². The van der Waals surface area contributed by atoms with Crippen LogP contribution in [0.3, 0.4) is 0 Å². The molecule has 0 saturated heterocycles. The summed E-state index contributed by atoms with van der Waals surface area (Å²) in [5, 5.41) is 0. The Labute approximate surface area is 114 Å². The first-order valence-electron chi connectivity index (χ1n) is 6.17. The van der Waals surface area contributed by atoms with Crippen LogP contribution in [0.1, 0.15) is 33.5 Å². The van der Waals surface area contributed by atoms with Gasteiger partial charge >= 0.3 is 0 Å². The minimum atomic E-state index is -3.09. The summed E-state index contributed by atoms with van der Waals surface area (Å²) in [7, 11) is -3.09. The number of hydrogen-bond donors (Lipinski definition) is 1. The molecule has 106 valence electrons. The molecule has 1 aromatic carbocycles. The molecule has 0 spiro atoms. The summed E-state index contributed by atoms with van der Waals surface area (Å²) in [4.78, 5) is 12.2. The van der Waals surface area contributed by atoms with Crippen molar-refractivity contribution >= 4 is 15.6 Å². The van der Waals surface area contributed by atoms with Crippen molar-refractivity contribution in [2.75, 3.05) is 12.0 Å². The summed E-state index contributed by atoms with van der Waals surface area (Å²) in [6.07, 6.45) is 1.30. The van der Waals surface area contributed by atoms with Crippen molar-refractivity contribution in [3.05, 3.63) is 34.4 Å². The highest BCUT2D eigenvalue weighted by Gasteiger charge is 2.19. The standard InChI is InChI=1S/C14H21NO3S/c1-9-7-11(3)12(8-10(9)2)14(16)13(15)5-6-19(4,17)18/h7-8,13H,5-6,15H2,1-4H3. The third-order valence-corrected chi connectivity index (χ3v) is 4.22. The highest BCUT2D eigenvalue weighted by Crippen LogP contribution is 2.17. The number of carbonyl (C=O) groups is 1. The van der Waals surface area contributed by atoms with Gasteiger partial charge in [0, 0.05) is 11.8 Å². The van der Waals surface area contributed by atoms with Gasteiger partial charge in [-0.05, 0) is 49.9 Å². The molecule has 0 aliphatic carbocycles. The number of carbonyl (C=O) groups excluding carboxylic acids is 1. The van der Waals surface area contributed by atoms with Crippen LogP contribution in [0.2, 0.25) is 0 Å². The number of Topliss-reactive ketones (excluding diaryl/α,β-unsaturated/α-hetero) is 1. The molecule has 2 N–H and O–H groups in total. The van der Waals surface area contributed by atoms with E-state index < -0.39 is 15.9 Å². The lowest BCUT2D eigenvalue weighted by molar-refractivity contribution is 0.0959. The highest BCUT2D eigenvalue weighted by molar-refractivity contribution is 7.90. The average Bonchev–Trinajstić information content (AvgIpc) is 2.29. The normalized spacial score (nSPS) is 13.3. The Morgan fingerprint density at radius 1 is 1.16 bits per heavy atom. The van der Waals surface area contributed by atoms with Crippen LogP contribution in [0.5, 0.6) is 0 Å². The molecular weight excluding hydrogens is 262 g/mol. The Morgan fingerprint density at radius 2 is 1.68 bits per heavy atom. The SMILES string of the molecule is Cc1cc(C)c(C(=O)C(N)CCS(C)(=O)=O)cc1C. The van der Waals surface area contributed by atoms with Crippen LogP contribution in [0.15, 0.2) is 12.1 Å². The number of aryl methyl sites for hydroxylation is 3. The van der Waals surface area contributed by atoms with E-state index in [0.717, 1.165) is 22.9 Å². The first-order valence-corrected chi connectivity index (χ1v) is 8.23. The van der Waals surface area contributed by atoms with Crippen molar-refractivity contribution in [2.24, 2.45) is 5.73 Å². The van der Waals surface area contributed by atoms with Crippen LogP contribution in [-0.2, 0) is 9.84 Å². The van der Waals surface area contributed by atoms with E-state index >= 15 is 0 Å². The molecule has 0 aliphatic heterocycles. The average molecular weight is 283 g/mol. The molecule has 0 heterocycles. The summed E-state index contributed by atoms with van der Waals surface area (Å²) in [5.74, 6) is -0.256.